The predicted molar refractivity (Wildman–Crippen MR) is 96.5 cm³/mol. The van der Waals surface area contributed by atoms with Gasteiger partial charge in [-0.2, -0.15) is 4.98 Å². The highest BCUT2D eigenvalue weighted by molar-refractivity contribution is 6.30. The first kappa shape index (κ1) is 16.1. The van der Waals surface area contributed by atoms with E-state index in [9.17, 15) is 0 Å². The molecule has 0 saturated heterocycles. The molecule has 0 unspecified atom stereocenters. The van der Waals surface area contributed by atoms with Crippen molar-refractivity contribution >= 4 is 23.4 Å². The van der Waals surface area contributed by atoms with E-state index >= 15 is 0 Å². The monoisotopic (exact) mass is 330 g/mol. The van der Waals surface area contributed by atoms with E-state index in [2.05, 4.69) is 54.2 Å². The fourth-order valence-electron chi connectivity index (χ4n) is 2.86. The fraction of sp³-hybridized carbons (Fsp3) is 0.444. The largest absolute Gasteiger partial charge is 0.354 e. The highest BCUT2D eigenvalue weighted by Gasteiger charge is 2.19. The molecule has 23 heavy (non-hydrogen) atoms. The predicted octanol–water partition coefficient (Wildman–Crippen LogP) is 4.25. The van der Waals surface area contributed by atoms with Gasteiger partial charge in [0.05, 0.1) is 5.69 Å². The lowest BCUT2D eigenvalue weighted by atomic mass is 10.00. The van der Waals surface area contributed by atoms with Gasteiger partial charge in [-0.05, 0) is 42.5 Å². The van der Waals surface area contributed by atoms with Crippen LogP contribution in [0.5, 0.6) is 0 Å². The molecular formula is C18H23ClN4. The second-order valence-electron chi connectivity index (χ2n) is 6.24. The Labute approximate surface area is 142 Å². The highest BCUT2D eigenvalue weighted by Crippen LogP contribution is 2.27. The molecule has 0 aliphatic carbocycles. The molecule has 1 aliphatic rings. The van der Waals surface area contributed by atoms with E-state index in [1.54, 1.807) is 0 Å². The third kappa shape index (κ3) is 3.58. The molecule has 4 nitrogen and oxygen atoms in total. The maximum Gasteiger partial charge on any atom is 0.224 e. The topological polar surface area (TPSA) is 41.1 Å². The molecule has 1 aromatic heterocycles. The summed E-state index contributed by atoms with van der Waals surface area (Å²) >= 11 is 6.10. The van der Waals surface area contributed by atoms with Gasteiger partial charge in [-0.25, -0.2) is 4.98 Å². The van der Waals surface area contributed by atoms with Crippen molar-refractivity contribution in [1.29, 1.82) is 0 Å². The summed E-state index contributed by atoms with van der Waals surface area (Å²) in [5.41, 5.74) is 3.75. The Morgan fingerprint density at radius 1 is 1.22 bits per heavy atom. The molecule has 0 bridgehead atoms. The molecule has 0 atom stereocenters. The lowest BCUT2D eigenvalue weighted by Gasteiger charge is -2.30. The lowest BCUT2D eigenvalue weighted by molar-refractivity contribution is 0.714. The Bertz CT molecular complexity index is 699. The van der Waals surface area contributed by atoms with Crippen molar-refractivity contribution in [3.63, 3.8) is 0 Å². The number of fused-ring (bicyclic) bond motifs is 1. The Balaban J connectivity index is 1.91. The van der Waals surface area contributed by atoms with E-state index in [-0.39, 0.29) is 0 Å². The number of nitrogens with zero attached hydrogens (tertiary/aromatic N) is 3. The Morgan fingerprint density at radius 3 is 2.78 bits per heavy atom. The minimum atomic E-state index is 0.380. The standard InChI is InChI=1S/C18H23ClN4/c1-4-20-18-21-16(12(2)3)10-17(22-18)23-8-7-13-9-15(19)6-5-14(13)11-23/h5-6,9-10,12H,4,7-8,11H2,1-3H3,(H,20,21,22). The van der Waals surface area contributed by atoms with Crippen LogP contribution in [0.3, 0.4) is 0 Å². The van der Waals surface area contributed by atoms with Gasteiger partial charge in [0.25, 0.3) is 0 Å². The summed E-state index contributed by atoms with van der Waals surface area (Å²) in [5, 5.41) is 4.06. The Hall–Kier alpha value is -1.81. The molecule has 0 amide bonds. The average Bonchev–Trinajstić information content (AvgIpc) is 2.54. The quantitative estimate of drug-likeness (QED) is 0.910. The maximum atomic E-state index is 6.10. The molecular weight excluding hydrogens is 308 g/mol. The van der Waals surface area contributed by atoms with Crippen molar-refractivity contribution in [3.05, 3.63) is 46.1 Å². The van der Waals surface area contributed by atoms with Gasteiger partial charge in [-0.3, -0.25) is 0 Å². The van der Waals surface area contributed by atoms with Crippen LogP contribution in [0.25, 0.3) is 0 Å². The zero-order valence-electron chi connectivity index (χ0n) is 13.9. The highest BCUT2D eigenvalue weighted by atomic mass is 35.5. The second-order valence-corrected chi connectivity index (χ2v) is 6.68. The van der Waals surface area contributed by atoms with E-state index in [1.807, 2.05) is 6.07 Å². The van der Waals surface area contributed by atoms with Gasteiger partial charge >= 0.3 is 0 Å². The number of hydrogen-bond donors (Lipinski definition) is 1. The van der Waals surface area contributed by atoms with Gasteiger partial charge in [0.1, 0.15) is 5.82 Å². The zero-order chi connectivity index (χ0) is 16.4. The van der Waals surface area contributed by atoms with E-state index in [0.717, 1.165) is 48.5 Å². The molecule has 0 saturated carbocycles. The first-order valence-electron chi connectivity index (χ1n) is 8.22. The molecule has 122 valence electrons. The van der Waals surface area contributed by atoms with Gasteiger partial charge in [0, 0.05) is 30.7 Å². The first-order chi connectivity index (χ1) is 11.1. The van der Waals surface area contributed by atoms with Crippen LogP contribution >= 0.6 is 11.6 Å². The van der Waals surface area contributed by atoms with Crippen LogP contribution in [0.1, 0.15) is 43.5 Å². The first-order valence-corrected chi connectivity index (χ1v) is 8.59. The summed E-state index contributed by atoms with van der Waals surface area (Å²) in [4.78, 5) is 11.6. The van der Waals surface area contributed by atoms with Crippen LogP contribution in [0.4, 0.5) is 11.8 Å². The third-order valence-corrected chi connectivity index (χ3v) is 4.40. The molecule has 2 heterocycles. The Kier molecular flexibility index (Phi) is 4.71. The van der Waals surface area contributed by atoms with E-state index < -0.39 is 0 Å². The summed E-state index contributed by atoms with van der Waals surface area (Å²) in [7, 11) is 0. The number of hydrogen-bond acceptors (Lipinski definition) is 4. The minimum absolute atomic E-state index is 0.380. The smallest absolute Gasteiger partial charge is 0.224 e. The van der Waals surface area contributed by atoms with Crippen LogP contribution in [-0.4, -0.2) is 23.1 Å². The number of benzene rings is 1. The van der Waals surface area contributed by atoms with Gasteiger partial charge in [0.15, 0.2) is 0 Å². The van der Waals surface area contributed by atoms with Crippen molar-refractivity contribution in [2.45, 2.75) is 39.7 Å². The maximum absolute atomic E-state index is 6.10. The van der Waals surface area contributed by atoms with E-state index in [1.165, 1.54) is 11.1 Å². The normalized spacial score (nSPS) is 14.0. The van der Waals surface area contributed by atoms with Crippen LogP contribution in [0, 0.1) is 0 Å². The SMILES string of the molecule is CCNc1nc(C(C)C)cc(N2CCc3cc(Cl)ccc3C2)n1. The number of halogens is 1. The third-order valence-electron chi connectivity index (χ3n) is 4.16. The molecule has 1 N–H and O–H groups in total. The minimum Gasteiger partial charge on any atom is -0.354 e. The molecule has 0 spiro atoms. The summed E-state index contributed by atoms with van der Waals surface area (Å²) < 4.78 is 0. The van der Waals surface area contributed by atoms with Crippen LogP contribution in [0.2, 0.25) is 5.02 Å². The van der Waals surface area contributed by atoms with Crippen LogP contribution in [0.15, 0.2) is 24.3 Å². The van der Waals surface area contributed by atoms with Crippen molar-refractivity contribution in [3.8, 4) is 0 Å². The second kappa shape index (κ2) is 6.75. The fourth-order valence-corrected chi connectivity index (χ4v) is 3.06. The van der Waals surface area contributed by atoms with Crippen molar-refractivity contribution in [2.75, 3.05) is 23.3 Å². The molecule has 1 aromatic carbocycles. The zero-order valence-corrected chi connectivity index (χ0v) is 14.7. The lowest BCUT2D eigenvalue weighted by Crippen LogP contribution is -2.31. The van der Waals surface area contributed by atoms with Gasteiger partial charge in [-0.1, -0.05) is 31.5 Å². The van der Waals surface area contributed by atoms with E-state index in [0.29, 0.717) is 5.92 Å². The van der Waals surface area contributed by atoms with Crippen molar-refractivity contribution < 1.29 is 0 Å². The van der Waals surface area contributed by atoms with Crippen LogP contribution in [-0.2, 0) is 13.0 Å². The van der Waals surface area contributed by atoms with Gasteiger partial charge in [-0.15, -0.1) is 0 Å². The summed E-state index contributed by atoms with van der Waals surface area (Å²) in [6.45, 7) is 9.03. The summed E-state index contributed by atoms with van der Waals surface area (Å²) in [6.07, 6.45) is 0.993. The van der Waals surface area contributed by atoms with Crippen molar-refractivity contribution in [2.24, 2.45) is 0 Å². The summed E-state index contributed by atoms with van der Waals surface area (Å²) in [6, 6.07) is 8.29. The Morgan fingerprint density at radius 2 is 2.04 bits per heavy atom. The van der Waals surface area contributed by atoms with E-state index in [4.69, 9.17) is 16.6 Å². The van der Waals surface area contributed by atoms with Gasteiger partial charge in [0.2, 0.25) is 5.95 Å². The average molecular weight is 331 g/mol. The van der Waals surface area contributed by atoms with Crippen molar-refractivity contribution in [1.82, 2.24) is 9.97 Å². The number of rotatable bonds is 4. The molecule has 3 rings (SSSR count). The molecule has 2 aromatic rings. The van der Waals surface area contributed by atoms with Gasteiger partial charge < -0.3 is 10.2 Å². The molecule has 0 radical (unpaired) electrons. The summed E-state index contributed by atoms with van der Waals surface area (Å²) in [5.74, 6) is 2.10. The number of anilines is 2. The molecule has 5 heteroatoms. The van der Waals surface area contributed by atoms with Crippen LogP contribution < -0.4 is 10.2 Å². The number of nitrogens with one attached hydrogen (secondary N) is 1. The molecule has 1 aliphatic heterocycles. The number of aromatic nitrogens is 2. The molecule has 0 fully saturated rings.